The molecule has 2 N–H and O–H groups in total. The van der Waals surface area contributed by atoms with Gasteiger partial charge in [0, 0.05) is 6.54 Å². The van der Waals surface area contributed by atoms with Gasteiger partial charge in [-0.3, -0.25) is 10.1 Å². The molecule has 0 saturated carbocycles. The quantitative estimate of drug-likeness (QED) is 0.857. The molecule has 0 bridgehead atoms. The summed E-state index contributed by atoms with van der Waals surface area (Å²) < 4.78 is 14.1. The average molecular weight is 359 g/mol. The number of nitrogens with zero attached hydrogens (tertiary/aromatic N) is 2. The Labute approximate surface area is 127 Å². The third kappa shape index (κ3) is 3.73. The summed E-state index contributed by atoms with van der Waals surface area (Å²) >= 11 is 4.54. The lowest BCUT2D eigenvalue weighted by molar-refractivity contribution is 0.102. The topological polar surface area (TPSA) is 66.9 Å². The first kappa shape index (κ1) is 14.9. The minimum Gasteiger partial charge on any atom is -0.369 e. The van der Waals surface area contributed by atoms with E-state index in [1.54, 1.807) is 6.20 Å². The number of carbonyl (C=O) groups is 1. The van der Waals surface area contributed by atoms with Crippen molar-refractivity contribution in [3.05, 3.63) is 33.6 Å². The third-order valence-corrected chi connectivity index (χ3v) is 3.73. The van der Waals surface area contributed by atoms with Gasteiger partial charge in [-0.05, 0) is 28.4 Å². The fourth-order valence-electron chi connectivity index (χ4n) is 1.47. The summed E-state index contributed by atoms with van der Waals surface area (Å²) in [6.07, 6.45) is 3.54. The smallest absolute Gasteiger partial charge is 0.261 e. The molecule has 0 aliphatic heterocycles. The van der Waals surface area contributed by atoms with Crippen LogP contribution in [0.5, 0.6) is 0 Å². The van der Waals surface area contributed by atoms with E-state index in [4.69, 9.17) is 0 Å². The molecule has 2 rings (SSSR count). The second-order valence-electron chi connectivity index (χ2n) is 3.90. The molecule has 0 fully saturated rings. The largest absolute Gasteiger partial charge is 0.369 e. The van der Waals surface area contributed by atoms with Crippen molar-refractivity contribution in [2.45, 2.75) is 13.3 Å². The molecule has 106 valence electrons. The maximum Gasteiger partial charge on any atom is 0.261 e. The Balaban J connectivity index is 2.21. The SMILES string of the molecule is CCCNc1ncc(F)cc1C(=O)Nc1ncc(Br)s1. The van der Waals surface area contributed by atoms with Gasteiger partial charge < -0.3 is 5.32 Å². The number of thiazole rings is 1. The number of amides is 1. The van der Waals surface area contributed by atoms with Crippen LogP contribution in [0, 0.1) is 5.82 Å². The summed E-state index contributed by atoms with van der Waals surface area (Å²) in [7, 11) is 0. The van der Waals surface area contributed by atoms with E-state index in [0.29, 0.717) is 17.5 Å². The average Bonchev–Trinajstić information content (AvgIpc) is 2.82. The van der Waals surface area contributed by atoms with Crippen LogP contribution in [0.3, 0.4) is 0 Å². The zero-order valence-corrected chi connectivity index (χ0v) is 13.0. The Bertz CT molecular complexity index is 619. The lowest BCUT2D eigenvalue weighted by Gasteiger charge is -2.09. The van der Waals surface area contributed by atoms with Gasteiger partial charge in [0.15, 0.2) is 5.13 Å². The van der Waals surface area contributed by atoms with Gasteiger partial charge >= 0.3 is 0 Å². The summed E-state index contributed by atoms with van der Waals surface area (Å²) in [6.45, 7) is 2.64. The lowest BCUT2D eigenvalue weighted by Crippen LogP contribution is -2.16. The third-order valence-electron chi connectivity index (χ3n) is 2.34. The molecule has 2 heterocycles. The van der Waals surface area contributed by atoms with Crippen LogP contribution in [0.15, 0.2) is 22.2 Å². The summed E-state index contributed by atoms with van der Waals surface area (Å²) in [6, 6.07) is 1.16. The van der Waals surface area contributed by atoms with E-state index in [-0.39, 0.29) is 5.56 Å². The Kier molecular flexibility index (Phi) is 5.02. The van der Waals surface area contributed by atoms with Gasteiger partial charge in [0.05, 0.1) is 21.7 Å². The Hall–Kier alpha value is -1.54. The summed E-state index contributed by atoms with van der Waals surface area (Å²) in [5, 5.41) is 6.05. The maximum absolute atomic E-state index is 13.3. The van der Waals surface area contributed by atoms with Gasteiger partial charge in [-0.2, -0.15) is 0 Å². The van der Waals surface area contributed by atoms with Crippen LogP contribution in [-0.4, -0.2) is 22.4 Å². The number of rotatable bonds is 5. The highest BCUT2D eigenvalue weighted by Crippen LogP contribution is 2.24. The monoisotopic (exact) mass is 358 g/mol. The lowest BCUT2D eigenvalue weighted by atomic mass is 10.2. The minimum atomic E-state index is -0.558. The van der Waals surface area contributed by atoms with Gasteiger partial charge in [-0.1, -0.05) is 18.3 Å². The van der Waals surface area contributed by atoms with Gasteiger partial charge in [-0.15, -0.1) is 0 Å². The molecule has 5 nitrogen and oxygen atoms in total. The van der Waals surface area contributed by atoms with Crippen LogP contribution in [0.1, 0.15) is 23.7 Å². The molecule has 2 aromatic heterocycles. The van der Waals surface area contributed by atoms with Crippen molar-refractivity contribution in [2.75, 3.05) is 17.2 Å². The molecule has 0 unspecified atom stereocenters. The number of carbonyl (C=O) groups excluding carboxylic acids is 1. The predicted molar refractivity (Wildman–Crippen MR) is 80.7 cm³/mol. The van der Waals surface area contributed by atoms with Crippen molar-refractivity contribution in [3.8, 4) is 0 Å². The molecule has 20 heavy (non-hydrogen) atoms. The Morgan fingerprint density at radius 3 is 2.90 bits per heavy atom. The number of pyridine rings is 1. The normalized spacial score (nSPS) is 10.3. The molecule has 1 amide bonds. The number of nitrogens with one attached hydrogen (secondary N) is 2. The van der Waals surface area contributed by atoms with Crippen LogP contribution >= 0.6 is 27.3 Å². The van der Waals surface area contributed by atoms with Crippen molar-refractivity contribution < 1.29 is 9.18 Å². The van der Waals surface area contributed by atoms with E-state index < -0.39 is 11.7 Å². The number of aromatic nitrogens is 2. The standard InChI is InChI=1S/C12H12BrFN4OS/c1-2-3-15-10-8(4-7(14)5-16-10)11(19)18-12-17-6-9(13)20-12/h4-6H,2-3H2,1H3,(H,15,16)(H,17,18,19). The second kappa shape index (κ2) is 6.76. The minimum absolute atomic E-state index is 0.157. The van der Waals surface area contributed by atoms with Crippen LogP contribution in [-0.2, 0) is 0 Å². The molecular weight excluding hydrogens is 347 g/mol. The van der Waals surface area contributed by atoms with Crippen LogP contribution in [0.4, 0.5) is 15.3 Å². The number of halogens is 2. The predicted octanol–water partition coefficient (Wildman–Crippen LogP) is 3.51. The molecule has 0 aliphatic carbocycles. The van der Waals surface area contributed by atoms with Crippen molar-refractivity contribution in [1.29, 1.82) is 0 Å². The zero-order valence-electron chi connectivity index (χ0n) is 10.6. The van der Waals surface area contributed by atoms with Crippen molar-refractivity contribution in [2.24, 2.45) is 0 Å². The Morgan fingerprint density at radius 1 is 1.45 bits per heavy atom. The van der Waals surface area contributed by atoms with Crippen molar-refractivity contribution in [1.82, 2.24) is 9.97 Å². The molecular formula is C12H12BrFN4OS. The van der Waals surface area contributed by atoms with E-state index in [1.807, 2.05) is 6.92 Å². The van der Waals surface area contributed by atoms with Gasteiger partial charge in [0.2, 0.25) is 0 Å². The van der Waals surface area contributed by atoms with Crippen molar-refractivity contribution >= 4 is 44.1 Å². The molecule has 0 radical (unpaired) electrons. The molecule has 8 heteroatoms. The van der Waals surface area contributed by atoms with Crippen molar-refractivity contribution in [3.63, 3.8) is 0 Å². The molecule has 0 aromatic carbocycles. The first-order valence-electron chi connectivity index (χ1n) is 5.92. The van der Waals surface area contributed by atoms with E-state index in [2.05, 4.69) is 36.5 Å². The fourth-order valence-corrected chi connectivity index (χ4v) is 2.57. The van der Waals surface area contributed by atoms with E-state index in [1.165, 1.54) is 11.3 Å². The number of hydrogen-bond donors (Lipinski definition) is 2. The molecule has 0 spiro atoms. The van der Waals surface area contributed by atoms with Gasteiger partial charge in [0.25, 0.3) is 5.91 Å². The summed E-state index contributed by atoms with van der Waals surface area (Å²) in [4.78, 5) is 20.1. The number of hydrogen-bond acceptors (Lipinski definition) is 5. The highest BCUT2D eigenvalue weighted by atomic mass is 79.9. The van der Waals surface area contributed by atoms with Gasteiger partial charge in [-0.25, -0.2) is 14.4 Å². The maximum atomic E-state index is 13.3. The highest BCUT2D eigenvalue weighted by molar-refractivity contribution is 9.11. The summed E-state index contributed by atoms with van der Waals surface area (Å²) in [5.41, 5.74) is 0.157. The number of anilines is 2. The summed E-state index contributed by atoms with van der Waals surface area (Å²) in [5.74, 6) is -0.642. The van der Waals surface area contributed by atoms with E-state index in [9.17, 15) is 9.18 Å². The Morgan fingerprint density at radius 2 is 2.25 bits per heavy atom. The highest BCUT2D eigenvalue weighted by Gasteiger charge is 2.15. The second-order valence-corrected chi connectivity index (χ2v) is 6.31. The fraction of sp³-hybridized carbons (Fsp3) is 0.250. The molecule has 2 aromatic rings. The van der Waals surface area contributed by atoms with Gasteiger partial charge in [0.1, 0.15) is 11.6 Å². The first-order chi connectivity index (χ1) is 9.60. The van der Waals surface area contributed by atoms with Crippen LogP contribution in [0.2, 0.25) is 0 Å². The first-order valence-corrected chi connectivity index (χ1v) is 7.53. The zero-order chi connectivity index (χ0) is 14.5. The van der Waals surface area contributed by atoms with Crippen LogP contribution < -0.4 is 10.6 Å². The molecule has 0 atom stereocenters. The molecule has 0 saturated heterocycles. The van der Waals surface area contributed by atoms with Crippen LogP contribution in [0.25, 0.3) is 0 Å². The van der Waals surface area contributed by atoms with E-state index >= 15 is 0 Å². The van der Waals surface area contributed by atoms with E-state index in [0.717, 1.165) is 22.5 Å². The molecule has 0 aliphatic rings.